The van der Waals surface area contributed by atoms with E-state index in [0.717, 1.165) is 16.9 Å². The number of hydrogen-bond acceptors (Lipinski definition) is 9. The third-order valence-electron chi connectivity index (χ3n) is 6.39. The smallest absolute Gasteiger partial charge is 0.339 e. The molecule has 0 aromatic heterocycles. The standard InChI is InChI=1S/C32H27BrClN3O7S/c1-3-4-11-43-31(40)23-15-22(9-10-25(23)34)36-28(38)17-37-30(39)27(45-32(37)41)14-21-12-24(33)29(26(13-21)42-2)44-18-20-7-5-19(16-35)6-8-20/h5-10,12-15H,3-4,11,17-18H2,1-2H3,(H,36,38)/b27-14+. The number of nitriles is 1. The number of ether oxygens (including phenoxy) is 3. The number of nitrogens with one attached hydrogen (secondary N) is 1. The van der Waals surface area contributed by atoms with Crippen molar-refractivity contribution in [1.29, 1.82) is 5.26 Å². The molecule has 1 aliphatic heterocycles. The van der Waals surface area contributed by atoms with Gasteiger partial charge in [0.1, 0.15) is 13.2 Å². The molecule has 13 heteroatoms. The Bertz CT molecular complexity index is 1710. The molecule has 3 aromatic rings. The summed E-state index contributed by atoms with van der Waals surface area (Å²) in [7, 11) is 1.48. The summed E-state index contributed by atoms with van der Waals surface area (Å²) in [5.74, 6) is -1.07. The fourth-order valence-corrected chi connectivity index (χ4v) is 5.68. The van der Waals surface area contributed by atoms with Crippen LogP contribution in [0.5, 0.6) is 11.5 Å². The second-order valence-electron chi connectivity index (χ2n) is 9.63. The van der Waals surface area contributed by atoms with Crippen LogP contribution in [-0.4, -0.2) is 48.2 Å². The van der Waals surface area contributed by atoms with Gasteiger partial charge in [-0.15, -0.1) is 0 Å². The van der Waals surface area contributed by atoms with Gasteiger partial charge in [-0.1, -0.05) is 37.1 Å². The van der Waals surface area contributed by atoms with Crippen LogP contribution in [0.4, 0.5) is 10.5 Å². The molecule has 232 valence electrons. The Labute approximate surface area is 277 Å². The van der Waals surface area contributed by atoms with E-state index in [1.165, 1.54) is 31.4 Å². The second kappa shape index (κ2) is 15.6. The van der Waals surface area contributed by atoms with Crippen LogP contribution >= 0.6 is 39.3 Å². The molecule has 1 aliphatic rings. The van der Waals surface area contributed by atoms with Gasteiger partial charge in [0.25, 0.3) is 11.1 Å². The molecule has 0 aliphatic carbocycles. The van der Waals surface area contributed by atoms with E-state index >= 15 is 0 Å². The molecular formula is C32H27BrClN3O7S. The average Bonchev–Trinajstić information content (AvgIpc) is 3.28. The van der Waals surface area contributed by atoms with Crippen molar-refractivity contribution in [3.63, 3.8) is 0 Å². The quantitative estimate of drug-likeness (QED) is 0.118. The predicted molar refractivity (Wildman–Crippen MR) is 174 cm³/mol. The fraction of sp³-hybridized carbons (Fsp3) is 0.219. The monoisotopic (exact) mass is 711 g/mol. The molecule has 1 saturated heterocycles. The Morgan fingerprint density at radius 1 is 1.13 bits per heavy atom. The molecule has 0 spiro atoms. The summed E-state index contributed by atoms with van der Waals surface area (Å²) in [5.41, 5.74) is 2.30. The van der Waals surface area contributed by atoms with Crippen molar-refractivity contribution in [1.82, 2.24) is 4.90 Å². The predicted octanol–water partition coefficient (Wildman–Crippen LogP) is 7.19. The largest absolute Gasteiger partial charge is 0.493 e. The van der Waals surface area contributed by atoms with Crippen LogP contribution in [0.25, 0.3) is 6.08 Å². The normalized spacial score (nSPS) is 13.5. The third kappa shape index (κ3) is 8.66. The first-order valence-corrected chi connectivity index (χ1v) is 15.6. The molecule has 1 fully saturated rings. The number of halogens is 2. The van der Waals surface area contributed by atoms with Crippen molar-refractivity contribution in [3.05, 3.63) is 91.3 Å². The van der Waals surface area contributed by atoms with Gasteiger partial charge in [0.15, 0.2) is 11.5 Å². The van der Waals surface area contributed by atoms with Gasteiger partial charge >= 0.3 is 5.97 Å². The molecule has 4 rings (SSSR count). The molecule has 3 amide bonds. The molecule has 0 unspecified atom stereocenters. The van der Waals surface area contributed by atoms with E-state index in [2.05, 4.69) is 27.3 Å². The Hall–Kier alpha value is -4.31. The van der Waals surface area contributed by atoms with E-state index in [4.69, 9.17) is 31.1 Å². The number of imide groups is 1. The first-order chi connectivity index (χ1) is 21.6. The van der Waals surface area contributed by atoms with Gasteiger partial charge in [0, 0.05) is 5.69 Å². The average molecular weight is 713 g/mol. The van der Waals surface area contributed by atoms with Crippen LogP contribution in [0.2, 0.25) is 5.02 Å². The van der Waals surface area contributed by atoms with Gasteiger partial charge in [-0.3, -0.25) is 19.3 Å². The zero-order valence-corrected chi connectivity index (χ0v) is 27.4. The number of benzene rings is 3. The zero-order valence-electron chi connectivity index (χ0n) is 24.2. The number of nitrogens with zero attached hydrogens (tertiary/aromatic N) is 2. The lowest BCUT2D eigenvalue weighted by Crippen LogP contribution is -2.36. The van der Waals surface area contributed by atoms with Gasteiger partial charge < -0.3 is 19.5 Å². The van der Waals surface area contributed by atoms with Gasteiger partial charge in [-0.05, 0) is 93.8 Å². The highest BCUT2D eigenvalue weighted by atomic mass is 79.9. The first-order valence-electron chi connectivity index (χ1n) is 13.6. The lowest BCUT2D eigenvalue weighted by atomic mass is 10.1. The first kappa shape index (κ1) is 33.6. The topological polar surface area (TPSA) is 135 Å². The second-order valence-corrected chi connectivity index (χ2v) is 11.9. The molecule has 10 nitrogen and oxygen atoms in total. The summed E-state index contributed by atoms with van der Waals surface area (Å²) in [6.45, 7) is 1.91. The maximum absolute atomic E-state index is 13.1. The molecule has 1 heterocycles. The maximum Gasteiger partial charge on any atom is 0.339 e. The summed E-state index contributed by atoms with van der Waals surface area (Å²) in [5, 5.41) is 11.1. The number of rotatable bonds is 12. The number of esters is 1. The number of carbonyl (C=O) groups excluding carboxylic acids is 4. The van der Waals surface area contributed by atoms with E-state index in [0.29, 0.717) is 45.3 Å². The van der Waals surface area contributed by atoms with Crippen molar-refractivity contribution in [3.8, 4) is 17.6 Å². The number of methoxy groups -OCH3 is 1. The van der Waals surface area contributed by atoms with Gasteiger partial charge in [0.2, 0.25) is 5.91 Å². The zero-order chi connectivity index (χ0) is 32.5. The van der Waals surface area contributed by atoms with Crippen molar-refractivity contribution < 1.29 is 33.4 Å². The number of thioether (sulfide) groups is 1. The van der Waals surface area contributed by atoms with E-state index in [1.54, 1.807) is 36.4 Å². The highest BCUT2D eigenvalue weighted by Crippen LogP contribution is 2.39. The number of carbonyl (C=O) groups is 4. The summed E-state index contributed by atoms with van der Waals surface area (Å²) in [6, 6.07) is 16.8. The van der Waals surface area contributed by atoms with Crippen molar-refractivity contribution in [2.45, 2.75) is 26.4 Å². The van der Waals surface area contributed by atoms with Crippen LogP contribution in [0.3, 0.4) is 0 Å². The Morgan fingerprint density at radius 3 is 2.58 bits per heavy atom. The molecule has 45 heavy (non-hydrogen) atoms. The lowest BCUT2D eigenvalue weighted by molar-refractivity contribution is -0.127. The maximum atomic E-state index is 13.1. The molecule has 0 radical (unpaired) electrons. The molecule has 3 aromatic carbocycles. The molecule has 0 bridgehead atoms. The SMILES string of the molecule is CCCCOC(=O)c1cc(NC(=O)CN2C(=O)S/C(=C/c3cc(Br)c(OCc4ccc(C#N)cc4)c(OC)c3)C2=O)ccc1Cl. The summed E-state index contributed by atoms with van der Waals surface area (Å²) >= 11 is 10.3. The molecule has 0 atom stereocenters. The number of unbranched alkanes of at least 4 members (excludes halogenated alkanes) is 1. The minimum atomic E-state index is -0.639. The Balaban J connectivity index is 1.42. The number of anilines is 1. The number of hydrogen-bond donors (Lipinski definition) is 1. The van der Waals surface area contributed by atoms with E-state index in [-0.39, 0.29) is 34.4 Å². The minimum absolute atomic E-state index is 0.0898. The van der Waals surface area contributed by atoms with Crippen molar-refractivity contribution in [2.24, 2.45) is 0 Å². The minimum Gasteiger partial charge on any atom is -0.493 e. The van der Waals surface area contributed by atoms with E-state index < -0.39 is 29.6 Å². The molecular weight excluding hydrogens is 686 g/mol. The van der Waals surface area contributed by atoms with Crippen LogP contribution < -0.4 is 14.8 Å². The third-order valence-corrected chi connectivity index (χ3v) is 8.22. The van der Waals surface area contributed by atoms with Crippen LogP contribution in [0, 0.1) is 11.3 Å². The molecule has 0 saturated carbocycles. The van der Waals surface area contributed by atoms with Gasteiger partial charge in [-0.2, -0.15) is 5.26 Å². The van der Waals surface area contributed by atoms with Crippen LogP contribution in [0.15, 0.2) is 64.0 Å². The van der Waals surface area contributed by atoms with E-state index in [9.17, 15) is 19.2 Å². The fourth-order valence-electron chi connectivity index (χ4n) is 4.07. The highest BCUT2D eigenvalue weighted by molar-refractivity contribution is 9.10. The van der Waals surface area contributed by atoms with Crippen LogP contribution in [0.1, 0.15) is 46.8 Å². The van der Waals surface area contributed by atoms with Crippen molar-refractivity contribution in [2.75, 3.05) is 25.6 Å². The summed E-state index contributed by atoms with van der Waals surface area (Å²) < 4.78 is 17.2. The highest BCUT2D eigenvalue weighted by Gasteiger charge is 2.36. The lowest BCUT2D eigenvalue weighted by Gasteiger charge is -2.14. The summed E-state index contributed by atoms with van der Waals surface area (Å²) in [4.78, 5) is 51.9. The van der Waals surface area contributed by atoms with Crippen molar-refractivity contribution >= 4 is 74.1 Å². The Morgan fingerprint density at radius 2 is 1.89 bits per heavy atom. The molecule has 1 N–H and O–H groups in total. The number of amides is 3. The summed E-state index contributed by atoms with van der Waals surface area (Å²) in [6.07, 6.45) is 3.09. The van der Waals surface area contributed by atoms with Gasteiger partial charge in [-0.25, -0.2) is 4.79 Å². The van der Waals surface area contributed by atoms with Gasteiger partial charge in [0.05, 0.1) is 45.3 Å². The van der Waals surface area contributed by atoms with E-state index in [1.807, 2.05) is 6.92 Å². The Kier molecular flexibility index (Phi) is 11.6. The van der Waals surface area contributed by atoms with Crippen LogP contribution in [-0.2, 0) is 20.9 Å².